The number of nitrogens with one attached hydrogen (secondary N) is 1. The van der Waals surface area contributed by atoms with E-state index in [1.807, 2.05) is 0 Å². The Morgan fingerprint density at radius 3 is 2.73 bits per heavy atom. The Hall–Kier alpha value is -2.02. The van der Waals surface area contributed by atoms with Crippen LogP contribution in [0.5, 0.6) is 0 Å². The number of ether oxygens (including phenoxy) is 1. The van der Waals surface area contributed by atoms with Gasteiger partial charge in [0.1, 0.15) is 17.0 Å². The maximum absolute atomic E-state index is 8.79. The van der Waals surface area contributed by atoms with E-state index in [0.717, 1.165) is 22.5 Å². The zero-order chi connectivity index (χ0) is 18.5. The molecule has 0 bridgehead atoms. The normalized spacial score (nSPS) is 11.2. The summed E-state index contributed by atoms with van der Waals surface area (Å²) in [6.07, 6.45) is 2.57. The van der Waals surface area contributed by atoms with Crippen LogP contribution in [0.4, 0.5) is 5.82 Å². The van der Waals surface area contributed by atoms with E-state index in [-0.39, 0.29) is 6.61 Å². The Balaban J connectivity index is 2.01. The Bertz CT molecular complexity index is 892. The molecule has 0 aliphatic heterocycles. The van der Waals surface area contributed by atoms with Gasteiger partial charge in [-0.1, -0.05) is 25.1 Å². The van der Waals surface area contributed by atoms with Gasteiger partial charge in [0.25, 0.3) is 0 Å². The molecule has 0 aliphatic carbocycles. The zero-order valence-electron chi connectivity index (χ0n) is 15.5. The lowest BCUT2D eigenvalue weighted by atomic mass is 9.98. The van der Waals surface area contributed by atoms with Crippen LogP contribution in [0.3, 0.4) is 0 Å². The number of hydrogen-bond acceptors (Lipinski definition) is 6. The number of rotatable bonds is 8. The number of benzene rings is 1. The van der Waals surface area contributed by atoms with Crippen molar-refractivity contribution in [2.45, 2.75) is 27.2 Å². The zero-order valence-corrected chi connectivity index (χ0v) is 16.3. The number of aliphatic hydroxyl groups excluding tert-OH is 1. The van der Waals surface area contributed by atoms with E-state index in [2.05, 4.69) is 54.3 Å². The number of hydrogen-bond donors (Lipinski definition) is 2. The van der Waals surface area contributed by atoms with Gasteiger partial charge >= 0.3 is 0 Å². The number of aryl methyl sites for hydroxylation is 3. The summed E-state index contributed by atoms with van der Waals surface area (Å²) in [6.45, 7) is 8.01. The molecule has 2 aromatic heterocycles. The van der Waals surface area contributed by atoms with Gasteiger partial charge in [0.2, 0.25) is 0 Å². The molecule has 3 rings (SSSR count). The summed E-state index contributed by atoms with van der Waals surface area (Å²) in [6, 6.07) is 6.61. The molecular weight excluding hydrogens is 346 g/mol. The highest BCUT2D eigenvalue weighted by molar-refractivity contribution is 7.19. The number of aromatic nitrogens is 2. The number of thiophene rings is 1. The summed E-state index contributed by atoms with van der Waals surface area (Å²) in [5.74, 6) is 0.840. The quantitative estimate of drug-likeness (QED) is 0.587. The van der Waals surface area contributed by atoms with Crippen LogP contribution in [0, 0.1) is 13.8 Å². The maximum Gasteiger partial charge on any atom is 0.138 e. The Morgan fingerprint density at radius 1 is 1.15 bits per heavy atom. The van der Waals surface area contributed by atoms with Crippen molar-refractivity contribution in [3.05, 3.63) is 40.5 Å². The first-order valence-corrected chi connectivity index (χ1v) is 9.73. The first kappa shape index (κ1) is 18.8. The van der Waals surface area contributed by atoms with Gasteiger partial charge in [-0.25, -0.2) is 9.97 Å². The highest BCUT2D eigenvalue weighted by atomic mass is 32.1. The lowest BCUT2D eigenvalue weighted by molar-refractivity contribution is 0.0992. The van der Waals surface area contributed by atoms with Gasteiger partial charge in [0.15, 0.2) is 0 Å². The minimum absolute atomic E-state index is 0.0407. The summed E-state index contributed by atoms with van der Waals surface area (Å²) in [5, 5.41) is 13.2. The van der Waals surface area contributed by atoms with Gasteiger partial charge in [-0.05, 0) is 37.0 Å². The minimum atomic E-state index is 0.0407. The van der Waals surface area contributed by atoms with Gasteiger partial charge in [-0.3, -0.25) is 0 Å². The van der Waals surface area contributed by atoms with Crippen molar-refractivity contribution in [2.24, 2.45) is 0 Å². The van der Waals surface area contributed by atoms with Gasteiger partial charge in [0, 0.05) is 17.0 Å². The molecule has 0 radical (unpaired) electrons. The fourth-order valence-electron chi connectivity index (χ4n) is 2.97. The van der Waals surface area contributed by atoms with E-state index in [4.69, 9.17) is 9.84 Å². The summed E-state index contributed by atoms with van der Waals surface area (Å²) in [5.41, 5.74) is 5.02. The van der Waals surface area contributed by atoms with Crippen molar-refractivity contribution in [3.63, 3.8) is 0 Å². The molecule has 6 heteroatoms. The lowest BCUT2D eigenvalue weighted by Crippen LogP contribution is -2.12. The molecule has 1 aromatic carbocycles. The van der Waals surface area contributed by atoms with Crippen molar-refractivity contribution in [2.75, 3.05) is 31.7 Å². The van der Waals surface area contributed by atoms with E-state index >= 15 is 0 Å². The molecule has 138 valence electrons. The fourth-order valence-corrected chi connectivity index (χ4v) is 4.07. The standard InChI is InChI=1S/C20H25N3O2S/c1-4-16-17(15-6-5-13(2)14(3)11-15)18-19(21-7-9-25-10-8-24)22-12-23-20(18)26-16/h5-6,11-12,24H,4,7-10H2,1-3H3,(H,21,22,23). The third-order valence-corrected chi connectivity index (χ3v) is 5.69. The SMILES string of the molecule is CCc1sc2ncnc(NCCOCCO)c2c1-c1ccc(C)c(C)c1. The second-order valence-electron chi connectivity index (χ2n) is 6.22. The average molecular weight is 372 g/mol. The highest BCUT2D eigenvalue weighted by Crippen LogP contribution is 2.41. The van der Waals surface area contributed by atoms with Crippen LogP contribution >= 0.6 is 11.3 Å². The molecule has 0 aliphatic rings. The largest absolute Gasteiger partial charge is 0.394 e. The van der Waals surface area contributed by atoms with Crippen LogP contribution in [-0.2, 0) is 11.2 Å². The van der Waals surface area contributed by atoms with Crippen molar-refractivity contribution in [1.82, 2.24) is 9.97 Å². The summed E-state index contributed by atoms with van der Waals surface area (Å²) in [4.78, 5) is 11.3. The van der Waals surface area contributed by atoms with Crippen LogP contribution in [0.2, 0.25) is 0 Å². The minimum Gasteiger partial charge on any atom is -0.394 e. The molecule has 0 amide bonds. The molecule has 3 aromatic rings. The van der Waals surface area contributed by atoms with E-state index in [0.29, 0.717) is 19.8 Å². The van der Waals surface area contributed by atoms with Crippen LogP contribution in [0.1, 0.15) is 22.9 Å². The fraction of sp³-hybridized carbons (Fsp3) is 0.400. The Kier molecular flexibility index (Phi) is 6.19. The van der Waals surface area contributed by atoms with Gasteiger partial charge < -0.3 is 15.2 Å². The smallest absolute Gasteiger partial charge is 0.138 e. The number of nitrogens with zero attached hydrogens (tertiary/aromatic N) is 2. The second kappa shape index (κ2) is 8.58. The molecule has 0 spiro atoms. The monoisotopic (exact) mass is 371 g/mol. The number of anilines is 1. The van der Waals surface area contributed by atoms with E-state index in [1.54, 1.807) is 17.7 Å². The van der Waals surface area contributed by atoms with Gasteiger partial charge in [-0.15, -0.1) is 11.3 Å². The topological polar surface area (TPSA) is 67.3 Å². The molecular formula is C20H25N3O2S. The van der Waals surface area contributed by atoms with Crippen LogP contribution in [0.25, 0.3) is 21.3 Å². The van der Waals surface area contributed by atoms with Gasteiger partial charge in [0.05, 0.1) is 25.2 Å². The summed E-state index contributed by atoms with van der Waals surface area (Å²) >= 11 is 1.73. The third kappa shape index (κ3) is 3.87. The molecule has 0 saturated heterocycles. The average Bonchev–Trinajstić information content (AvgIpc) is 3.03. The molecule has 0 atom stereocenters. The molecule has 2 heterocycles. The molecule has 0 unspecified atom stereocenters. The van der Waals surface area contributed by atoms with E-state index < -0.39 is 0 Å². The Morgan fingerprint density at radius 2 is 2.00 bits per heavy atom. The molecule has 5 nitrogen and oxygen atoms in total. The second-order valence-corrected chi connectivity index (χ2v) is 7.30. The molecule has 26 heavy (non-hydrogen) atoms. The predicted molar refractivity (Wildman–Crippen MR) is 108 cm³/mol. The van der Waals surface area contributed by atoms with Crippen LogP contribution in [0.15, 0.2) is 24.5 Å². The Labute approximate surface area is 158 Å². The summed E-state index contributed by atoms with van der Waals surface area (Å²) < 4.78 is 5.33. The first-order valence-electron chi connectivity index (χ1n) is 8.92. The van der Waals surface area contributed by atoms with Crippen LogP contribution < -0.4 is 5.32 Å². The van der Waals surface area contributed by atoms with E-state index in [1.165, 1.54) is 27.1 Å². The van der Waals surface area contributed by atoms with Crippen molar-refractivity contribution < 1.29 is 9.84 Å². The summed E-state index contributed by atoms with van der Waals surface area (Å²) in [7, 11) is 0. The van der Waals surface area contributed by atoms with Crippen molar-refractivity contribution in [3.8, 4) is 11.1 Å². The highest BCUT2D eigenvalue weighted by Gasteiger charge is 2.18. The van der Waals surface area contributed by atoms with Crippen LogP contribution in [-0.4, -0.2) is 41.4 Å². The van der Waals surface area contributed by atoms with E-state index in [9.17, 15) is 0 Å². The number of fused-ring (bicyclic) bond motifs is 1. The van der Waals surface area contributed by atoms with Gasteiger partial charge in [-0.2, -0.15) is 0 Å². The first-order chi connectivity index (χ1) is 12.7. The number of aliphatic hydroxyl groups is 1. The maximum atomic E-state index is 8.79. The molecule has 2 N–H and O–H groups in total. The third-order valence-electron chi connectivity index (χ3n) is 4.45. The predicted octanol–water partition coefficient (Wildman–Crippen LogP) is 3.96. The molecule has 0 saturated carbocycles. The lowest BCUT2D eigenvalue weighted by Gasteiger charge is -2.11. The molecule has 0 fully saturated rings. The van der Waals surface area contributed by atoms with Crippen molar-refractivity contribution in [1.29, 1.82) is 0 Å². The van der Waals surface area contributed by atoms with Crippen molar-refractivity contribution >= 4 is 27.4 Å².